The molecule has 92 valence electrons. The Kier molecular flexibility index (Phi) is 3.82. The Morgan fingerprint density at radius 2 is 2.17 bits per heavy atom. The summed E-state index contributed by atoms with van der Waals surface area (Å²) in [5.41, 5.74) is 2.02. The Morgan fingerprint density at radius 3 is 2.78 bits per heavy atom. The number of nitrogens with zero attached hydrogens (tertiary/aromatic N) is 2. The van der Waals surface area contributed by atoms with Crippen molar-refractivity contribution >= 4 is 5.69 Å². The summed E-state index contributed by atoms with van der Waals surface area (Å²) in [6.07, 6.45) is 1.73. The van der Waals surface area contributed by atoms with Gasteiger partial charge in [0.2, 0.25) is 0 Å². The second-order valence-electron chi connectivity index (χ2n) is 3.85. The fourth-order valence-electron chi connectivity index (χ4n) is 1.60. The van der Waals surface area contributed by atoms with E-state index < -0.39 is 0 Å². The van der Waals surface area contributed by atoms with Crippen LogP contribution < -0.4 is 10.1 Å². The number of hydrogen-bond donors (Lipinski definition) is 2. The van der Waals surface area contributed by atoms with Crippen molar-refractivity contribution in [3.8, 4) is 11.8 Å². The molecule has 1 heterocycles. The van der Waals surface area contributed by atoms with Crippen molar-refractivity contribution in [1.82, 2.24) is 10.2 Å². The van der Waals surface area contributed by atoms with Crippen LogP contribution in [0.4, 0.5) is 5.69 Å². The molecule has 0 saturated heterocycles. The van der Waals surface area contributed by atoms with Gasteiger partial charge in [-0.05, 0) is 37.3 Å². The molecule has 2 N–H and O–H groups in total. The van der Waals surface area contributed by atoms with Crippen molar-refractivity contribution in [2.24, 2.45) is 0 Å². The van der Waals surface area contributed by atoms with Crippen LogP contribution in [0, 0.1) is 11.3 Å². The van der Waals surface area contributed by atoms with Crippen molar-refractivity contribution in [3.63, 3.8) is 0 Å². The molecular formula is C13H14N4O. The molecule has 0 spiro atoms. The first-order valence-corrected chi connectivity index (χ1v) is 5.65. The summed E-state index contributed by atoms with van der Waals surface area (Å²) in [7, 11) is 0. The molecule has 1 aromatic carbocycles. The van der Waals surface area contributed by atoms with Crippen LogP contribution in [0.25, 0.3) is 0 Å². The zero-order valence-electron chi connectivity index (χ0n) is 10.1. The molecule has 1 unspecified atom stereocenters. The van der Waals surface area contributed by atoms with E-state index in [0.717, 1.165) is 11.4 Å². The van der Waals surface area contributed by atoms with Crippen LogP contribution in [0.3, 0.4) is 0 Å². The Morgan fingerprint density at radius 1 is 1.39 bits per heavy atom. The van der Waals surface area contributed by atoms with Gasteiger partial charge in [-0.1, -0.05) is 0 Å². The van der Waals surface area contributed by atoms with Gasteiger partial charge in [0.1, 0.15) is 11.8 Å². The molecule has 5 nitrogen and oxygen atoms in total. The zero-order chi connectivity index (χ0) is 12.8. The Labute approximate surface area is 105 Å². The minimum atomic E-state index is 0.0668. The first-order valence-electron chi connectivity index (χ1n) is 5.65. The van der Waals surface area contributed by atoms with Gasteiger partial charge in [0, 0.05) is 11.9 Å². The lowest BCUT2D eigenvalue weighted by molar-refractivity contribution is 0.368. The molecule has 0 aliphatic carbocycles. The molecule has 0 fully saturated rings. The highest BCUT2D eigenvalue weighted by Crippen LogP contribution is 2.20. The lowest BCUT2D eigenvalue weighted by Crippen LogP contribution is -2.06. The lowest BCUT2D eigenvalue weighted by atomic mass is 10.2. The molecule has 0 radical (unpaired) electrons. The molecule has 0 amide bonds. The van der Waals surface area contributed by atoms with Crippen LogP contribution in [-0.4, -0.2) is 16.8 Å². The second kappa shape index (κ2) is 5.73. The fourth-order valence-corrected chi connectivity index (χ4v) is 1.60. The molecule has 0 aliphatic heterocycles. The van der Waals surface area contributed by atoms with Gasteiger partial charge in [-0.3, -0.25) is 5.10 Å². The molecule has 0 bridgehead atoms. The maximum absolute atomic E-state index is 8.41. The summed E-state index contributed by atoms with van der Waals surface area (Å²) >= 11 is 0. The molecule has 5 heteroatoms. The van der Waals surface area contributed by atoms with E-state index in [2.05, 4.69) is 15.5 Å². The SMILES string of the molecule is CC(Nc1ccc(OCC#N)cc1)c1ccn[nH]1. The minimum Gasteiger partial charge on any atom is -0.479 e. The first kappa shape index (κ1) is 12.0. The number of ether oxygens (including phenoxy) is 1. The van der Waals surface area contributed by atoms with Crippen LogP contribution in [-0.2, 0) is 0 Å². The quantitative estimate of drug-likeness (QED) is 0.844. The van der Waals surface area contributed by atoms with E-state index in [1.165, 1.54) is 0 Å². The van der Waals surface area contributed by atoms with Gasteiger partial charge < -0.3 is 10.1 Å². The minimum absolute atomic E-state index is 0.0668. The summed E-state index contributed by atoms with van der Waals surface area (Å²) in [6.45, 7) is 2.12. The molecule has 0 saturated carbocycles. The second-order valence-corrected chi connectivity index (χ2v) is 3.85. The average molecular weight is 242 g/mol. The predicted molar refractivity (Wildman–Crippen MR) is 68.2 cm³/mol. The monoisotopic (exact) mass is 242 g/mol. The van der Waals surface area contributed by atoms with Crippen LogP contribution >= 0.6 is 0 Å². The summed E-state index contributed by atoms with van der Waals surface area (Å²) in [4.78, 5) is 0. The number of rotatable bonds is 5. The molecule has 0 aliphatic rings. The normalized spacial score (nSPS) is 11.6. The molecular weight excluding hydrogens is 228 g/mol. The van der Waals surface area contributed by atoms with Gasteiger partial charge >= 0.3 is 0 Å². The number of H-pyrrole nitrogens is 1. The van der Waals surface area contributed by atoms with Gasteiger partial charge in [-0.2, -0.15) is 10.4 Å². The van der Waals surface area contributed by atoms with Crippen molar-refractivity contribution < 1.29 is 4.74 Å². The van der Waals surface area contributed by atoms with E-state index >= 15 is 0 Å². The van der Waals surface area contributed by atoms with Crippen molar-refractivity contribution in [3.05, 3.63) is 42.2 Å². The summed E-state index contributed by atoms with van der Waals surface area (Å²) in [5, 5.41) is 18.6. The van der Waals surface area contributed by atoms with Crippen molar-refractivity contribution in [2.75, 3.05) is 11.9 Å². The topological polar surface area (TPSA) is 73.7 Å². The predicted octanol–water partition coefficient (Wildman–Crippen LogP) is 2.49. The van der Waals surface area contributed by atoms with Gasteiger partial charge in [0.05, 0.1) is 11.7 Å². The number of aromatic nitrogens is 2. The largest absolute Gasteiger partial charge is 0.479 e. The number of nitriles is 1. The highest BCUT2D eigenvalue weighted by molar-refractivity contribution is 5.47. The number of benzene rings is 1. The first-order chi connectivity index (χ1) is 8.79. The van der Waals surface area contributed by atoms with Gasteiger partial charge in [0.25, 0.3) is 0 Å². The van der Waals surface area contributed by atoms with Crippen LogP contribution in [0.1, 0.15) is 18.7 Å². The van der Waals surface area contributed by atoms with Crippen molar-refractivity contribution in [2.45, 2.75) is 13.0 Å². The van der Waals surface area contributed by atoms with Gasteiger partial charge in [-0.15, -0.1) is 0 Å². The highest BCUT2D eigenvalue weighted by atomic mass is 16.5. The van der Waals surface area contributed by atoms with Crippen LogP contribution in [0.15, 0.2) is 36.5 Å². The zero-order valence-corrected chi connectivity index (χ0v) is 10.1. The third kappa shape index (κ3) is 3.01. The lowest BCUT2D eigenvalue weighted by Gasteiger charge is -2.13. The third-order valence-electron chi connectivity index (χ3n) is 2.53. The van der Waals surface area contributed by atoms with Crippen molar-refractivity contribution in [1.29, 1.82) is 5.26 Å². The average Bonchev–Trinajstić information content (AvgIpc) is 2.92. The van der Waals surface area contributed by atoms with Crippen LogP contribution in [0.5, 0.6) is 5.75 Å². The smallest absolute Gasteiger partial charge is 0.174 e. The summed E-state index contributed by atoms with van der Waals surface area (Å²) in [5.74, 6) is 0.691. The highest BCUT2D eigenvalue weighted by Gasteiger charge is 2.06. The number of anilines is 1. The number of nitrogens with one attached hydrogen (secondary N) is 2. The Hall–Kier alpha value is -2.48. The third-order valence-corrected chi connectivity index (χ3v) is 2.53. The van der Waals surface area contributed by atoms with E-state index in [1.807, 2.05) is 43.3 Å². The van der Waals surface area contributed by atoms with E-state index in [-0.39, 0.29) is 12.6 Å². The number of hydrogen-bond acceptors (Lipinski definition) is 4. The summed E-state index contributed by atoms with van der Waals surface area (Å²) in [6, 6.07) is 11.5. The molecule has 1 atom stereocenters. The Balaban J connectivity index is 1.96. The molecule has 1 aromatic heterocycles. The Bertz CT molecular complexity index is 513. The van der Waals surface area contributed by atoms with E-state index in [0.29, 0.717) is 5.75 Å². The molecule has 2 aromatic rings. The van der Waals surface area contributed by atoms with E-state index in [1.54, 1.807) is 6.20 Å². The van der Waals surface area contributed by atoms with E-state index in [9.17, 15) is 0 Å². The van der Waals surface area contributed by atoms with Crippen LogP contribution in [0.2, 0.25) is 0 Å². The van der Waals surface area contributed by atoms with E-state index in [4.69, 9.17) is 10.00 Å². The van der Waals surface area contributed by atoms with Gasteiger partial charge in [0.15, 0.2) is 6.61 Å². The summed E-state index contributed by atoms with van der Waals surface area (Å²) < 4.78 is 5.18. The standard InChI is InChI=1S/C13H14N4O/c1-10(13-6-8-15-17-13)16-11-2-4-12(5-3-11)18-9-7-14/h2-6,8,10,16H,9H2,1H3,(H,15,17). The maximum Gasteiger partial charge on any atom is 0.174 e. The fraction of sp³-hybridized carbons (Fsp3) is 0.231. The number of aromatic amines is 1. The van der Waals surface area contributed by atoms with Gasteiger partial charge in [-0.25, -0.2) is 0 Å². The molecule has 2 rings (SSSR count). The molecule has 18 heavy (non-hydrogen) atoms. The maximum atomic E-state index is 8.41.